The summed E-state index contributed by atoms with van der Waals surface area (Å²) in [6.45, 7) is 0. The first kappa shape index (κ1) is 13.5. The molecule has 0 unspecified atom stereocenters. The third-order valence-corrected chi connectivity index (χ3v) is 5.79. The molecule has 2 aromatic carbocycles. The van der Waals surface area contributed by atoms with Gasteiger partial charge < -0.3 is 0 Å². The van der Waals surface area contributed by atoms with Crippen LogP contribution in [0.1, 0.15) is 0 Å². The Balaban J connectivity index is 2.11. The van der Waals surface area contributed by atoms with Gasteiger partial charge >= 0.3 is 0 Å². The number of hydrogen-bond donors (Lipinski definition) is 0. The molecule has 0 fully saturated rings. The highest BCUT2D eigenvalue weighted by Crippen LogP contribution is 2.31. The molecule has 0 bridgehead atoms. The fourth-order valence-corrected chi connectivity index (χ4v) is 4.47. The molecule has 1 heterocycles. The van der Waals surface area contributed by atoms with Crippen molar-refractivity contribution < 1.29 is 0 Å². The van der Waals surface area contributed by atoms with E-state index in [-0.39, 0.29) is 0 Å². The number of pyridine rings is 1. The average molecular weight is 342 g/mol. The Labute approximate surface area is 128 Å². The fourth-order valence-electron chi connectivity index (χ4n) is 2.07. The number of halogens is 1. The van der Waals surface area contributed by atoms with Gasteiger partial charge in [-0.1, -0.05) is 60.7 Å². The lowest BCUT2D eigenvalue weighted by molar-refractivity contribution is 1.37. The van der Waals surface area contributed by atoms with Crippen LogP contribution < -0.4 is 16.0 Å². The van der Waals surface area contributed by atoms with Gasteiger partial charge in [0.15, 0.2) is 0 Å². The first-order valence-electron chi connectivity index (χ1n) is 6.36. The van der Waals surface area contributed by atoms with Crippen LogP contribution >= 0.6 is 23.9 Å². The van der Waals surface area contributed by atoms with Crippen molar-refractivity contribution in [2.24, 2.45) is 0 Å². The zero-order chi connectivity index (χ0) is 13.8. The first-order chi connectivity index (χ1) is 9.84. The van der Waals surface area contributed by atoms with Crippen LogP contribution in [0.25, 0.3) is 0 Å². The van der Waals surface area contributed by atoms with E-state index in [1.807, 2.05) is 6.20 Å². The smallest absolute Gasteiger partial charge is 0.0721 e. The van der Waals surface area contributed by atoms with Crippen molar-refractivity contribution in [2.75, 3.05) is 0 Å². The summed E-state index contributed by atoms with van der Waals surface area (Å²) in [6, 6.07) is 25.4. The van der Waals surface area contributed by atoms with Gasteiger partial charge in [-0.25, -0.2) is 0 Å². The molecular weight excluding hydrogens is 329 g/mol. The molecule has 0 N–H and O–H groups in total. The monoisotopic (exact) mass is 341 g/mol. The Morgan fingerprint density at radius 2 is 1.25 bits per heavy atom. The number of benzene rings is 2. The van der Waals surface area contributed by atoms with Gasteiger partial charge in [0.2, 0.25) is 0 Å². The quantitative estimate of drug-likeness (QED) is 0.663. The minimum Gasteiger partial charge on any atom is -0.255 e. The lowest BCUT2D eigenvalue weighted by Gasteiger charge is -2.18. The third kappa shape index (κ3) is 2.98. The van der Waals surface area contributed by atoms with Gasteiger partial charge in [0.05, 0.1) is 5.44 Å². The van der Waals surface area contributed by atoms with E-state index in [0.717, 1.165) is 9.91 Å². The lowest BCUT2D eigenvalue weighted by atomic mass is 10.4. The van der Waals surface area contributed by atoms with Crippen molar-refractivity contribution in [3.05, 3.63) is 83.5 Å². The van der Waals surface area contributed by atoms with Crippen molar-refractivity contribution in [2.45, 2.75) is 0 Å². The van der Waals surface area contributed by atoms with Gasteiger partial charge in [0.1, 0.15) is 0 Å². The third-order valence-electron chi connectivity index (χ3n) is 2.97. The highest BCUT2D eigenvalue weighted by atomic mass is 79.9. The molecule has 1 nitrogen and oxygen atoms in total. The van der Waals surface area contributed by atoms with E-state index in [1.54, 1.807) is 0 Å². The molecule has 1 aromatic heterocycles. The molecule has 0 spiro atoms. The molecular formula is C17H13BrNP. The van der Waals surface area contributed by atoms with E-state index in [4.69, 9.17) is 0 Å². The second-order valence-electron chi connectivity index (χ2n) is 4.34. The van der Waals surface area contributed by atoms with Crippen molar-refractivity contribution >= 4 is 39.9 Å². The predicted molar refractivity (Wildman–Crippen MR) is 90.6 cm³/mol. The van der Waals surface area contributed by atoms with Gasteiger partial charge in [-0.05, 0) is 38.7 Å². The Bertz CT molecular complexity index is 629. The maximum Gasteiger partial charge on any atom is 0.0721 e. The predicted octanol–water partition coefficient (Wildman–Crippen LogP) is 3.60. The highest BCUT2D eigenvalue weighted by molar-refractivity contribution is 9.10. The second-order valence-corrected chi connectivity index (χ2v) is 7.42. The Morgan fingerprint density at radius 3 is 1.70 bits per heavy atom. The molecule has 0 atom stereocenters. The molecule has 0 radical (unpaired) electrons. The van der Waals surface area contributed by atoms with E-state index in [2.05, 4.69) is 93.7 Å². The van der Waals surface area contributed by atoms with E-state index in [9.17, 15) is 0 Å². The van der Waals surface area contributed by atoms with Crippen LogP contribution in [0.5, 0.6) is 0 Å². The Morgan fingerprint density at radius 1 is 0.700 bits per heavy atom. The van der Waals surface area contributed by atoms with E-state index >= 15 is 0 Å². The normalized spacial score (nSPS) is 10.7. The molecule has 98 valence electrons. The molecule has 20 heavy (non-hydrogen) atoms. The first-order valence-corrected chi connectivity index (χ1v) is 8.50. The molecule has 0 saturated carbocycles. The summed E-state index contributed by atoms with van der Waals surface area (Å²) < 4.78 is 1.01. The van der Waals surface area contributed by atoms with Crippen LogP contribution in [0.15, 0.2) is 83.5 Å². The summed E-state index contributed by atoms with van der Waals surface area (Å²) in [6.07, 6.45) is 1.87. The van der Waals surface area contributed by atoms with Crippen LogP contribution in [-0.4, -0.2) is 4.98 Å². The molecule has 0 saturated heterocycles. The molecule has 0 aliphatic heterocycles. The van der Waals surface area contributed by atoms with E-state index in [1.165, 1.54) is 10.6 Å². The average Bonchev–Trinajstić information content (AvgIpc) is 2.52. The summed E-state index contributed by atoms with van der Waals surface area (Å²) >= 11 is 3.45. The lowest BCUT2D eigenvalue weighted by Crippen LogP contribution is -2.22. The van der Waals surface area contributed by atoms with Crippen molar-refractivity contribution in [3.8, 4) is 0 Å². The topological polar surface area (TPSA) is 12.9 Å². The fraction of sp³-hybridized carbons (Fsp3) is 0. The number of rotatable bonds is 3. The van der Waals surface area contributed by atoms with Crippen molar-refractivity contribution in [1.82, 2.24) is 4.98 Å². The van der Waals surface area contributed by atoms with Gasteiger partial charge in [0.25, 0.3) is 0 Å². The maximum atomic E-state index is 4.61. The van der Waals surface area contributed by atoms with E-state index < -0.39 is 7.92 Å². The van der Waals surface area contributed by atoms with E-state index in [0.29, 0.717) is 0 Å². The summed E-state index contributed by atoms with van der Waals surface area (Å²) in [4.78, 5) is 4.61. The molecule has 0 aliphatic rings. The van der Waals surface area contributed by atoms with Crippen LogP contribution in [-0.2, 0) is 0 Å². The minimum absolute atomic E-state index is 0.590. The molecule has 0 aliphatic carbocycles. The minimum atomic E-state index is -0.590. The summed E-state index contributed by atoms with van der Waals surface area (Å²) in [5.74, 6) is 0. The molecule has 0 amide bonds. The number of aromatic nitrogens is 1. The molecule has 3 aromatic rings. The summed E-state index contributed by atoms with van der Waals surface area (Å²) in [5.41, 5.74) is 1.13. The number of nitrogens with zero attached hydrogens (tertiary/aromatic N) is 1. The highest BCUT2D eigenvalue weighted by Gasteiger charge is 2.16. The Kier molecular flexibility index (Phi) is 4.25. The van der Waals surface area contributed by atoms with Crippen LogP contribution in [0, 0.1) is 0 Å². The van der Waals surface area contributed by atoms with Crippen LogP contribution in [0.4, 0.5) is 0 Å². The summed E-state index contributed by atoms with van der Waals surface area (Å²) in [7, 11) is -0.590. The van der Waals surface area contributed by atoms with Crippen LogP contribution in [0.2, 0.25) is 0 Å². The maximum absolute atomic E-state index is 4.61. The molecule has 3 rings (SSSR count). The SMILES string of the molecule is Brc1ccc(P(c2ccccc2)c2ccccc2)nc1. The Hall–Kier alpha value is -1.50. The molecule has 3 heteroatoms. The zero-order valence-electron chi connectivity index (χ0n) is 10.8. The standard InChI is InChI=1S/C17H13BrNP/c18-14-11-12-17(19-13-14)20(15-7-3-1-4-8-15)16-9-5-2-6-10-16/h1-13H. The van der Waals surface area contributed by atoms with Crippen molar-refractivity contribution in [3.63, 3.8) is 0 Å². The van der Waals surface area contributed by atoms with Crippen molar-refractivity contribution in [1.29, 1.82) is 0 Å². The van der Waals surface area contributed by atoms with Gasteiger partial charge in [-0.2, -0.15) is 0 Å². The van der Waals surface area contributed by atoms with Gasteiger partial charge in [-0.3, -0.25) is 4.98 Å². The van der Waals surface area contributed by atoms with Gasteiger partial charge in [0, 0.05) is 18.6 Å². The summed E-state index contributed by atoms with van der Waals surface area (Å²) in [5, 5.41) is 2.65. The largest absolute Gasteiger partial charge is 0.255 e. The second kappa shape index (κ2) is 6.30. The number of hydrogen-bond acceptors (Lipinski definition) is 1. The van der Waals surface area contributed by atoms with Gasteiger partial charge in [-0.15, -0.1) is 0 Å². The van der Waals surface area contributed by atoms with Crippen LogP contribution in [0.3, 0.4) is 0 Å². The zero-order valence-corrected chi connectivity index (χ0v) is 13.3.